The summed E-state index contributed by atoms with van der Waals surface area (Å²) in [5.74, 6) is -2.94. The number of hydrogen-bond acceptors (Lipinski definition) is 3. The average Bonchev–Trinajstić information content (AvgIpc) is 3.05. The highest BCUT2D eigenvalue weighted by Gasteiger charge is 2.45. The van der Waals surface area contributed by atoms with Crippen LogP contribution in [0.3, 0.4) is 0 Å². The van der Waals surface area contributed by atoms with E-state index in [1.165, 1.54) is 54.3 Å². The zero-order valence-electron chi connectivity index (χ0n) is 17.7. The van der Waals surface area contributed by atoms with Gasteiger partial charge >= 0.3 is 0 Å². The van der Waals surface area contributed by atoms with Crippen molar-refractivity contribution in [2.24, 2.45) is 0 Å². The average molecular weight is 468 g/mol. The fourth-order valence-electron chi connectivity index (χ4n) is 3.95. The van der Waals surface area contributed by atoms with Gasteiger partial charge in [0.1, 0.15) is 17.4 Å². The number of aliphatic hydroxyl groups is 1. The van der Waals surface area contributed by atoms with Gasteiger partial charge in [0, 0.05) is 17.1 Å². The Balaban J connectivity index is 1.78. The van der Waals surface area contributed by atoms with E-state index in [2.05, 4.69) is 0 Å². The Bertz CT molecular complexity index is 1250. The van der Waals surface area contributed by atoms with Gasteiger partial charge in [0.25, 0.3) is 11.7 Å². The maximum Gasteiger partial charge on any atom is 0.295 e. The number of halogens is 3. The summed E-state index contributed by atoms with van der Waals surface area (Å²) in [6.45, 7) is 1.72. The second-order valence-corrected chi connectivity index (χ2v) is 8.32. The highest BCUT2D eigenvalue weighted by molar-refractivity contribution is 6.46. The predicted octanol–water partition coefficient (Wildman–Crippen LogP) is 5.59. The predicted molar refractivity (Wildman–Crippen MR) is 122 cm³/mol. The quantitative estimate of drug-likeness (QED) is 0.302. The number of carbonyl (C=O) groups is 2. The van der Waals surface area contributed by atoms with Gasteiger partial charge in [0.15, 0.2) is 0 Å². The van der Waals surface area contributed by atoms with Crippen molar-refractivity contribution in [2.75, 3.05) is 6.54 Å². The van der Waals surface area contributed by atoms with Gasteiger partial charge in [-0.15, -0.1) is 0 Å². The Morgan fingerprint density at radius 2 is 1.67 bits per heavy atom. The third kappa shape index (κ3) is 4.52. The third-order valence-electron chi connectivity index (χ3n) is 5.71. The summed E-state index contributed by atoms with van der Waals surface area (Å²) in [7, 11) is 0. The van der Waals surface area contributed by atoms with Crippen molar-refractivity contribution in [1.82, 2.24) is 4.90 Å². The van der Waals surface area contributed by atoms with E-state index in [1.54, 1.807) is 12.1 Å². The van der Waals surface area contributed by atoms with Gasteiger partial charge in [0.05, 0.1) is 11.6 Å². The molecule has 1 heterocycles. The van der Waals surface area contributed by atoms with Crippen LogP contribution in [0.25, 0.3) is 5.76 Å². The number of amides is 1. The lowest BCUT2D eigenvalue weighted by molar-refractivity contribution is -0.139. The van der Waals surface area contributed by atoms with E-state index in [1.807, 2.05) is 12.1 Å². The molecule has 0 saturated carbocycles. The second-order valence-electron chi connectivity index (χ2n) is 7.88. The maximum atomic E-state index is 13.7. The second kappa shape index (κ2) is 9.16. The number of likely N-dealkylation sites (tertiary alicyclic amines) is 1. The summed E-state index contributed by atoms with van der Waals surface area (Å²) in [4.78, 5) is 27.4. The van der Waals surface area contributed by atoms with Gasteiger partial charge in [-0.1, -0.05) is 35.9 Å². The topological polar surface area (TPSA) is 57.6 Å². The lowest BCUT2D eigenvalue weighted by Gasteiger charge is -2.25. The molecular formula is C26H20ClF2NO3. The van der Waals surface area contributed by atoms with Crippen LogP contribution in [0.1, 0.15) is 28.3 Å². The van der Waals surface area contributed by atoms with E-state index >= 15 is 0 Å². The molecule has 0 bridgehead atoms. The SMILES string of the molecule is Cc1cc(/C(O)=C2/C(=O)C(=O)N(CCc3ccc(Cl)cc3)C2c2ccc(F)cc2)ccc1F. The van der Waals surface area contributed by atoms with Gasteiger partial charge < -0.3 is 10.0 Å². The van der Waals surface area contributed by atoms with Crippen molar-refractivity contribution >= 4 is 29.1 Å². The van der Waals surface area contributed by atoms with E-state index in [9.17, 15) is 23.5 Å². The number of ketones is 1. The van der Waals surface area contributed by atoms with Crippen LogP contribution in [0.15, 0.2) is 72.3 Å². The third-order valence-corrected chi connectivity index (χ3v) is 5.96. The van der Waals surface area contributed by atoms with Crippen molar-refractivity contribution in [3.8, 4) is 0 Å². The van der Waals surface area contributed by atoms with Crippen LogP contribution in [0, 0.1) is 18.6 Å². The first-order valence-corrected chi connectivity index (χ1v) is 10.7. The first-order chi connectivity index (χ1) is 15.8. The Morgan fingerprint density at radius 3 is 2.30 bits per heavy atom. The van der Waals surface area contributed by atoms with Crippen LogP contribution in [0.4, 0.5) is 8.78 Å². The number of rotatable bonds is 5. The first kappa shape index (κ1) is 22.7. The van der Waals surface area contributed by atoms with Crippen LogP contribution >= 0.6 is 11.6 Å². The minimum absolute atomic E-state index is 0.117. The number of hydrogen-bond donors (Lipinski definition) is 1. The number of nitrogens with zero attached hydrogens (tertiary/aromatic N) is 1. The van der Waals surface area contributed by atoms with Gasteiger partial charge in [-0.05, 0) is 72.5 Å². The molecule has 1 aliphatic rings. The molecule has 1 amide bonds. The Kier molecular flexibility index (Phi) is 6.29. The molecule has 1 aliphatic heterocycles. The highest BCUT2D eigenvalue weighted by Crippen LogP contribution is 2.39. The summed E-state index contributed by atoms with van der Waals surface area (Å²) < 4.78 is 27.3. The highest BCUT2D eigenvalue weighted by atomic mass is 35.5. The largest absolute Gasteiger partial charge is 0.507 e. The van der Waals surface area contributed by atoms with Crippen molar-refractivity contribution in [3.63, 3.8) is 0 Å². The normalized spacial score (nSPS) is 17.6. The van der Waals surface area contributed by atoms with E-state index in [0.29, 0.717) is 17.0 Å². The zero-order valence-corrected chi connectivity index (χ0v) is 18.4. The molecule has 4 rings (SSSR count). The fraction of sp³-hybridized carbons (Fsp3) is 0.154. The van der Waals surface area contributed by atoms with E-state index in [-0.39, 0.29) is 23.2 Å². The molecule has 1 unspecified atom stereocenters. The molecule has 1 N–H and O–H groups in total. The molecule has 4 nitrogen and oxygen atoms in total. The molecule has 1 atom stereocenters. The van der Waals surface area contributed by atoms with Gasteiger partial charge in [0.2, 0.25) is 0 Å². The van der Waals surface area contributed by atoms with Crippen molar-refractivity contribution in [2.45, 2.75) is 19.4 Å². The molecule has 1 fully saturated rings. The zero-order chi connectivity index (χ0) is 23.7. The summed E-state index contributed by atoms with van der Waals surface area (Å²) in [6, 6.07) is 15.6. The lowest BCUT2D eigenvalue weighted by atomic mass is 9.94. The van der Waals surface area contributed by atoms with Crippen molar-refractivity contribution in [1.29, 1.82) is 0 Å². The first-order valence-electron chi connectivity index (χ1n) is 10.3. The van der Waals surface area contributed by atoms with E-state index < -0.39 is 35.1 Å². The van der Waals surface area contributed by atoms with Crippen molar-refractivity contribution in [3.05, 3.63) is 111 Å². The molecule has 168 valence electrons. The number of aryl methyl sites for hydroxylation is 1. The number of aliphatic hydroxyl groups excluding tert-OH is 1. The minimum Gasteiger partial charge on any atom is -0.507 e. The Labute approximate surface area is 194 Å². The van der Waals surface area contributed by atoms with Crippen LogP contribution in [-0.2, 0) is 16.0 Å². The molecule has 3 aromatic rings. The summed E-state index contributed by atoms with van der Waals surface area (Å²) in [5.41, 5.74) is 1.78. The Morgan fingerprint density at radius 1 is 1.00 bits per heavy atom. The smallest absolute Gasteiger partial charge is 0.295 e. The molecule has 7 heteroatoms. The monoisotopic (exact) mass is 467 g/mol. The van der Waals surface area contributed by atoms with Crippen molar-refractivity contribution < 1.29 is 23.5 Å². The number of Topliss-reactive ketones (excluding diaryl/α,β-unsaturated/α-hetero) is 1. The van der Waals surface area contributed by atoms with Crippen LogP contribution in [-0.4, -0.2) is 28.2 Å². The summed E-state index contributed by atoms with van der Waals surface area (Å²) in [5, 5.41) is 11.6. The number of carbonyl (C=O) groups excluding carboxylic acids is 2. The minimum atomic E-state index is -0.914. The summed E-state index contributed by atoms with van der Waals surface area (Å²) >= 11 is 5.93. The van der Waals surface area contributed by atoms with Gasteiger partial charge in [-0.3, -0.25) is 9.59 Å². The molecule has 1 saturated heterocycles. The maximum absolute atomic E-state index is 13.7. The molecule has 0 aliphatic carbocycles. The molecule has 3 aromatic carbocycles. The Hall–Kier alpha value is -3.51. The van der Waals surface area contributed by atoms with E-state index in [4.69, 9.17) is 11.6 Å². The molecule has 0 spiro atoms. The van der Waals surface area contributed by atoms with E-state index in [0.717, 1.165) is 5.56 Å². The van der Waals surface area contributed by atoms with Gasteiger partial charge in [-0.25, -0.2) is 8.78 Å². The lowest BCUT2D eigenvalue weighted by Crippen LogP contribution is -2.31. The summed E-state index contributed by atoms with van der Waals surface area (Å²) in [6.07, 6.45) is 0.442. The molecule has 33 heavy (non-hydrogen) atoms. The standard InChI is InChI=1S/C26H20ClF2NO3/c1-15-14-18(6-11-21(15)29)24(31)22-23(17-4-9-20(28)10-5-17)30(26(33)25(22)32)13-12-16-2-7-19(27)8-3-16/h2-11,14,23,31H,12-13H2,1H3/b24-22-. The van der Waals surface area contributed by atoms with Crippen LogP contribution in [0.2, 0.25) is 5.02 Å². The van der Waals surface area contributed by atoms with Gasteiger partial charge in [-0.2, -0.15) is 0 Å². The van der Waals surface area contributed by atoms with Crippen LogP contribution < -0.4 is 0 Å². The number of benzene rings is 3. The van der Waals surface area contributed by atoms with Crippen LogP contribution in [0.5, 0.6) is 0 Å². The molecular weight excluding hydrogens is 448 g/mol. The molecule has 0 radical (unpaired) electrons. The molecule has 0 aromatic heterocycles. The fourth-order valence-corrected chi connectivity index (χ4v) is 4.08.